The molecule has 1 aliphatic heterocycles. The van der Waals surface area contributed by atoms with Crippen molar-refractivity contribution < 1.29 is 18.4 Å². The third-order valence-corrected chi connectivity index (χ3v) is 4.32. The molecule has 1 aromatic heterocycles. The molecule has 0 radical (unpaired) electrons. The second-order valence-corrected chi connectivity index (χ2v) is 6.51. The number of methoxy groups -OCH3 is 1. The zero-order valence-electron chi connectivity index (χ0n) is 18.0. The number of rotatable bonds is 6. The average Bonchev–Trinajstić information content (AvgIpc) is 3.49. The Hall–Kier alpha value is -2.72. The van der Waals surface area contributed by atoms with Crippen LogP contribution < -0.4 is 26.4 Å². The molecular formula is C18H24N6O3S. The van der Waals surface area contributed by atoms with Crippen LogP contribution in [0, 0.1) is 0 Å². The van der Waals surface area contributed by atoms with Crippen LogP contribution in [0.25, 0.3) is 0 Å². The molecule has 1 aliphatic carbocycles. The van der Waals surface area contributed by atoms with E-state index in [0.29, 0.717) is 34.9 Å². The number of nitrogens with two attached hydrogens (primary N) is 1. The molecule has 5 N–H and O–H groups in total. The van der Waals surface area contributed by atoms with Crippen molar-refractivity contribution in [1.82, 2.24) is 9.97 Å². The van der Waals surface area contributed by atoms with Crippen LogP contribution in [0.15, 0.2) is 24.4 Å². The van der Waals surface area contributed by atoms with Gasteiger partial charge in [0.15, 0.2) is 0 Å². The summed E-state index contributed by atoms with van der Waals surface area (Å²) >= 11 is 0. The van der Waals surface area contributed by atoms with Crippen LogP contribution in [0.4, 0.5) is 23.1 Å². The van der Waals surface area contributed by atoms with Crippen LogP contribution in [0.5, 0.6) is 5.75 Å². The summed E-state index contributed by atoms with van der Waals surface area (Å²) in [4.78, 5) is 20.2. The topological polar surface area (TPSA) is 123 Å². The van der Waals surface area contributed by atoms with Gasteiger partial charge in [0, 0.05) is 31.5 Å². The van der Waals surface area contributed by atoms with E-state index in [0.717, 1.165) is 12.8 Å². The lowest BCUT2D eigenvalue weighted by atomic mass is 10.2. The van der Waals surface area contributed by atoms with Gasteiger partial charge in [0.2, 0.25) is 5.95 Å². The fourth-order valence-electron chi connectivity index (χ4n) is 2.70. The number of nitrogens with one attached hydrogen (secondary N) is 3. The lowest BCUT2D eigenvalue weighted by Gasteiger charge is -2.13. The number of anilines is 4. The molecule has 1 aromatic carbocycles. The molecule has 28 heavy (non-hydrogen) atoms. The first-order valence-corrected chi connectivity index (χ1v) is 8.66. The number of carbonyl (C=O) groups is 1. The lowest BCUT2D eigenvalue weighted by Crippen LogP contribution is -2.25. The molecule has 0 unspecified atom stereocenters. The van der Waals surface area contributed by atoms with Gasteiger partial charge in [-0.2, -0.15) is 18.5 Å². The molecule has 1 fully saturated rings. The van der Waals surface area contributed by atoms with E-state index in [1.165, 1.54) is 6.20 Å². The number of nitrogens with zero attached hydrogens (tertiary/aromatic N) is 2. The summed E-state index contributed by atoms with van der Waals surface area (Å²) in [5.74, 6) is 0.702. The number of hydrogen-bond acceptors (Lipinski definition) is 8. The number of hydrogen-bond donors (Lipinski definition) is 4. The largest absolute Gasteiger partial charge is 0.489 e. The number of carbonyl (C=O) groups excluding carboxylic acids is 1. The summed E-state index contributed by atoms with van der Waals surface area (Å²) in [5.41, 5.74) is 7.01. The van der Waals surface area contributed by atoms with E-state index in [1.54, 1.807) is 18.2 Å². The van der Waals surface area contributed by atoms with Gasteiger partial charge in [-0.15, -0.1) is 0 Å². The van der Waals surface area contributed by atoms with Gasteiger partial charge in [-0.1, -0.05) is 0 Å². The first-order chi connectivity index (χ1) is 14.3. The fourth-order valence-corrected chi connectivity index (χ4v) is 2.70. The van der Waals surface area contributed by atoms with E-state index in [1.807, 2.05) is 0 Å². The van der Waals surface area contributed by atoms with Crippen molar-refractivity contribution in [2.75, 3.05) is 36.1 Å². The predicted molar refractivity (Wildman–Crippen MR) is 112 cm³/mol. The number of primary amides is 1. The summed E-state index contributed by atoms with van der Waals surface area (Å²) in [5, 5.41) is 9.42. The minimum absolute atomic E-state index is 0. The molecular weight excluding hydrogens is 380 g/mol. The molecule has 150 valence electrons. The maximum Gasteiger partial charge on any atom is 0.254 e. The number of benzene rings is 1. The summed E-state index contributed by atoms with van der Waals surface area (Å²) in [6.07, 6.45) is 2.83. The third kappa shape index (κ3) is 4.57. The Morgan fingerprint density at radius 3 is 3.07 bits per heavy atom. The zero-order valence-corrected chi connectivity index (χ0v) is 16.0. The number of fused-ring (bicyclic) bond motifs is 1. The maximum atomic E-state index is 11.6. The van der Waals surface area contributed by atoms with Crippen molar-refractivity contribution in [3.8, 4) is 5.75 Å². The molecule has 0 spiro atoms. The highest BCUT2D eigenvalue weighted by molar-refractivity contribution is 7.59. The van der Waals surface area contributed by atoms with Crippen LogP contribution in [0.1, 0.15) is 27.3 Å². The van der Waals surface area contributed by atoms with Crippen molar-refractivity contribution >= 4 is 42.5 Å². The van der Waals surface area contributed by atoms with Gasteiger partial charge in [-0.25, -0.2) is 4.98 Å². The summed E-state index contributed by atoms with van der Waals surface area (Å²) in [7, 11) is -2.49. The van der Waals surface area contributed by atoms with Crippen molar-refractivity contribution in [2.24, 2.45) is 5.73 Å². The quantitative estimate of drug-likeness (QED) is 0.572. The smallest absolute Gasteiger partial charge is 0.254 e. The van der Waals surface area contributed by atoms with Crippen LogP contribution in [0.3, 0.4) is 0 Å². The highest BCUT2D eigenvalue weighted by Crippen LogP contribution is 2.31. The zero-order chi connectivity index (χ0) is 21.3. The highest BCUT2D eigenvalue weighted by Gasteiger charge is 2.24. The van der Waals surface area contributed by atoms with Crippen molar-refractivity contribution in [3.05, 3.63) is 30.0 Å². The minimum atomic E-state index is -2.49. The standard InChI is InChI=1S/C18H22N6O3.H2S/c1-26-12-7-20-14-6-11(4-5-15(14)27-9-12)23-18-21-8-13(16(19)25)17(24-18)22-10-2-3-10;/h4-6,8,10,12,20H,2-3,7,9H2,1H3,(H2,19,25)(H2,21,22,23,24);1H2/t12-;/m0./s1/i1D3;. The minimum Gasteiger partial charge on any atom is -0.489 e. The highest BCUT2D eigenvalue weighted by atomic mass is 32.1. The van der Waals surface area contributed by atoms with E-state index in [-0.39, 0.29) is 32.2 Å². The van der Waals surface area contributed by atoms with Crippen molar-refractivity contribution in [1.29, 1.82) is 0 Å². The Morgan fingerprint density at radius 1 is 1.46 bits per heavy atom. The summed E-state index contributed by atoms with van der Waals surface area (Å²) in [6.45, 7) is 0.410. The number of aromatic nitrogens is 2. The van der Waals surface area contributed by atoms with E-state index in [4.69, 9.17) is 19.3 Å². The lowest BCUT2D eigenvalue weighted by molar-refractivity contribution is 0.0709. The normalized spacial score (nSPS) is 19.9. The Balaban J connectivity index is 0.00000272. The maximum absolute atomic E-state index is 11.6. The average molecular weight is 408 g/mol. The van der Waals surface area contributed by atoms with Gasteiger partial charge in [0.05, 0.1) is 15.4 Å². The van der Waals surface area contributed by atoms with Crippen LogP contribution in [-0.4, -0.2) is 48.2 Å². The first-order valence-electron chi connectivity index (χ1n) is 10.2. The Bertz CT molecular complexity index is 958. The van der Waals surface area contributed by atoms with Gasteiger partial charge in [-0.05, 0) is 31.0 Å². The summed E-state index contributed by atoms with van der Waals surface area (Å²) in [6, 6.07) is 5.63. The fraction of sp³-hybridized carbons (Fsp3) is 0.389. The van der Waals surface area contributed by atoms with E-state index in [9.17, 15) is 4.79 Å². The first kappa shape index (κ1) is 16.3. The van der Waals surface area contributed by atoms with Gasteiger partial charge < -0.3 is 31.2 Å². The molecule has 1 amide bonds. The van der Waals surface area contributed by atoms with Crippen molar-refractivity contribution in [2.45, 2.75) is 25.0 Å². The molecule has 1 saturated carbocycles. The Kier molecular flexibility index (Phi) is 4.95. The van der Waals surface area contributed by atoms with Crippen molar-refractivity contribution in [3.63, 3.8) is 0 Å². The Morgan fingerprint density at radius 2 is 2.32 bits per heavy atom. The van der Waals surface area contributed by atoms with Crippen LogP contribution in [0.2, 0.25) is 0 Å². The Labute approximate surface area is 174 Å². The van der Waals surface area contributed by atoms with Gasteiger partial charge in [0.1, 0.15) is 24.3 Å². The second kappa shape index (κ2) is 8.53. The van der Waals surface area contributed by atoms with Gasteiger partial charge in [-0.3, -0.25) is 4.79 Å². The molecule has 4 rings (SSSR count). The van der Waals surface area contributed by atoms with E-state index < -0.39 is 19.0 Å². The predicted octanol–water partition coefficient (Wildman–Crippen LogP) is 1.83. The second-order valence-electron chi connectivity index (χ2n) is 6.51. The molecule has 2 aromatic rings. The van der Waals surface area contributed by atoms with E-state index >= 15 is 0 Å². The SMILES string of the molecule is S.[2H]C([2H])([2H])O[C@H]1CNc2cc(Nc3ncc(C(N)=O)c(NC4CC4)n3)ccc2OC1. The van der Waals surface area contributed by atoms with Crippen LogP contribution >= 0.6 is 13.5 Å². The van der Waals surface area contributed by atoms with Crippen LogP contribution in [-0.2, 0) is 4.74 Å². The van der Waals surface area contributed by atoms with Gasteiger partial charge >= 0.3 is 0 Å². The number of amides is 1. The molecule has 1 atom stereocenters. The van der Waals surface area contributed by atoms with Gasteiger partial charge in [0.25, 0.3) is 5.91 Å². The molecule has 10 heteroatoms. The molecule has 2 aliphatic rings. The molecule has 2 heterocycles. The third-order valence-electron chi connectivity index (χ3n) is 4.32. The number of ether oxygens (including phenoxy) is 2. The van der Waals surface area contributed by atoms with E-state index in [2.05, 4.69) is 25.9 Å². The summed E-state index contributed by atoms with van der Waals surface area (Å²) < 4.78 is 32.4. The molecule has 0 saturated heterocycles. The monoisotopic (exact) mass is 407 g/mol. The molecule has 0 bridgehead atoms. The molecule has 9 nitrogen and oxygen atoms in total.